The highest BCUT2D eigenvalue weighted by Gasteiger charge is 2.35. The Morgan fingerprint density at radius 2 is 1.55 bits per heavy atom. The van der Waals surface area contributed by atoms with Crippen molar-refractivity contribution in [2.45, 2.75) is 12.3 Å². The summed E-state index contributed by atoms with van der Waals surface area (Å²) >= 11 is 0. The first kappa shape index (κ1) is 14.5. The summed E-state index contributed by atoms with van der Waals surface area (Å²) in [4.78, 5) is 0. The fourth-order valence-corrected chi connectivity index (χ4v) is 1.86. The summed E-state index contributed by atoms with van der Waals surface area (Å²) in [6, 6.07) is 6.89. The summed E-state index contributed by atoms with van der Waals surface area (Å²) in [6.45, 7) is 0. The van der Waals surface area contributed by atoms with Crippen LogP contribution in [-0.4, -0.2) is 5.11 Å². The van der Waals surface area contributed by atoms with Gasteiger partial charge in [-0.2, -0.15) is 13.2 Å². The van der Waals surface area contributed by atoms with Gasteiger partial charge in [0.15, 0.2) is 11.6 Å². The highest BCUT2D eigenvalue weighted by atomic mass is 19.4. The summed E-state index contributed by atoms with van der Waals surface area (Å²) in [6.07, 6.45) is -6.33. The molecule has 1 nitrogen and oxygen atoms in total. The van der Waals surface area contributed by atoms with Crippen LogP contribution in [-0.2, 0) is 6.18 Å². The van der Waals surface area contributed by atoms with Crippen LogP contribution in [0.25, 0.3) is 0 Å². The smallest absolute Gasteiger partial charge is 0.384 e. The minimum absolute atomic E-state index is 0.152. The van der Waals surface area contributed by atoms with Crippen molar-refractivity contribution in [1.82, 2.24) is 0 Å². The Labute approximate surface area is 111 Å². The Balaban J connectivity index is 2.48. The van der Waals surface area contributed by atoms with Crippen LogP contribution in [0.1, 0.15) is 22.8 Å². The number of benzene rings is 2. The van der Waals surface area contributed by atoms with Gasteiger partial charge in [-0.1, -0.05) is 24.3 Å². The molecule has 0 bridgehead atoms. The lowest BCUT2D eigenvalue weighted by Gasteiger charge is -2.17. The number of alkyl halides is 3. The topological polar surface area (TPSA) is 20.2 Å². The van der Waals surface area contributed by atoms with Gasteiger partial charge in [-0.15, -0.1) is 0 Å². The quantitative estimate of drug-likeness (QED) is 0.826. The monoisotopic (exact) mass is 288 g/mol. The molecule has 0 saturated carbocycles. The maximum absolute atomic E-state index is 13.1. The van der Waals surface area contributed by atoms with E-state index in [2.05, 4.69) is 0 Å². The van der Waals surface area contributed by atoms with E-state index in [1.807, 2.05) is 0 Å². The zero-order valence-corrected chi connectivity index (χ0v) is 9.96. The number of rotatable bonds is 2. The Kier molecular flexibility index (Phi) is 3.76. The van der Waals surface area contributed by atoms with Crippen molar-refractivity contribution >= 4 is 0 Å². The van der Waals surface area contributed by atoms with Gasteiger partial charge in [-0.25, -0.2) is 8.78 Å². The van der Waals surface area contributed by atoms with Crippen molar-refractivity contribution in [1.29, 1.82) is 0 Å². The van der Waals surface area contributed by atoms with Crippen molar-refractivity contribution in [3.05, 3.63) is 70.8 Å². The Bertz CT molecular complexity index is 621. The Morgan fingerprint density at radius 3 is 2.15 bits per heavy atom. The molecule has 0 aliphatic rings. The summed E-state index contributed by atoms with van der Waals surface area (Å²) in [5.74, 6) is -2.36. The van der Waals surface area contributed by atoms with E-state index < -0.39 is 35.0 Å². The Morgan fingerprint density at radius 1 is 0.900 bits per heavy atom. The van der Waals surface area contributed by atoms with Gasteiger partial charge in [-0.3, -0.25) is 0 Å². The lowest BCUT2D eigenvalue weighted by atomic mass is 9.96. The van der Waals surface area contributed by atoms with Gasteiger partial charge in [0, 0.05) is 0 Å². The molecule has 106 valence electrons. The molecule has 0 aliphatic carbocycles. The van der Waals surface area contributed by atoms with Gasteiger partial charge < -0.3 is 5.11 Å². The number of aliphatic hydroxyl groups is 1. The Hall–Kier alpha value is -1.95. The average molecular weight is 288 g/mol. The second-order valence-electron chi connectivity index (χ2n) is 4.16. The van der Waals surface area contributed by atoms with Crippen LogP contribution in [0.3, 0.4) is 0 Å². The maximum atomic E-state index is 13.1. The maximum Gasteiger partial charge on any atom is 0.416 e. The highest BCUT2D eigenvalue weighted by molar-refractivity contribution is 5.37. The first-order valence-corrected chi connectivity index (χ1v) is 5.60. The normalized spacial score (nSPS) is 13.3. The second kappa shape index (κ2) is 5.20. The highest BCUT2D eigenvalue weighted by Crippen LogP contribution is 2.36. The molecule has 0 saturated heterocycles. The largest absolute Gasteiger partial charge is 0.416 e. The fourth-order valence-electron chi connectivity index (χ4n) is 1.86. The summed E-state index contributed by atoms with van der Waals surface area (Å²) in [5.41, 5.74) is -1.58. The first-order chi connectivity index (χ1) is 9.30. The lowest BCUT2D eigenvalue weighted by molar-refractivity contribution is -0.139. The molecule has 2 rings (SSSR count). The minimum Gasteiger partial charge on any atom is -0.384 e. The van der Waals surface area contributed by atoms with Crippen molar-refractivity contribution in [3.8, 4) is 0 Å². The molecule has 0 spiro atoms. The molecule has 6 heteroatoms. The molecule has 1 atom stereocenters. The predicted molar refractivity (Wildman–Crippen MR) is 61.9 cm³/mol. The van der Waals surface area contributed by atoms with E-state index in [4.69, 9.17) is 0 Å². The summed E-state index contributed by atoms with van der Waals surface area (Å²) in [7, 11) is 0. The van der Waals surface area contributed by atoms with Crippen molar-refractivity contribution in [3.63, 3.8) is 0 Å². The van der Waals surface area contributed by atoms with Gasteiger partial charge in [0.1, 0.15) is 6.10 Å². The van der Waals surface area contributed by atoms with Gasteiger partial charge in [0.05, 0.1) is 5.56 Å². The van der Waals surface area contributed by atoms with E-state index in [0.29, 0.717) is 6.07 Å². The van der Waals surface area contributed by atoms with E-state index in [-0.39, 0.29) is 5.56 Å². The van der Waals surface area contributed by atoms with Gasteiger partial charge in [-0.05, 0) is 29.3 Å². The predicted octanol–water partition coefficient (Wildman–Crippen LogP) is 4.07. The van der Waals surface area contributed by atoms with E-state index in [1.165, 1.54) is 12.1 Å². The molecule has 20 heavy (non-hydrogen) atoms. The van der Waals surface area contributed by atoms with Crippen LogP contribution < -0.4 is 0 Å². The molecule has 0 aromatic heterocycles. The van der Waals surface area contributed by atoms with Crippen LogP contribution in [0.15, 0.2) is 42.5 Å². The van der Waals surface area contributed by atoms with Crippen LogP contribution in [0.5, 0.6) is 0 Å². The molecule has 0 aliphatic heterocycles. The number of hydrogen-bond acceptors (Lipinski definition) is 1. The third-order valence-corrected chi connectivity index (χ3v) is 2.82. The third-order valence-electron chi connectivity index (χ3n) is 2.82. The van der Waals surface area contributed by atoms with E-state index in [0.717, 1.165) is 24.3 Å². The molecular weight excluding hydrogens is 279 g/mol. The third kappa shape index (κ3) is 2.80. The summed E-state index contributed by atoms with van der Waals surface area (Å²) < 4.78 is 64.3. The van der Waals surface area contributed by atoms with Crippen LogP contribution in [0.4, 0.5) is 22.0 Å². The SMILES string of the molecule is OC(c1ccc(F)c(F)c1)c1ccccc1C(F)(F)F. The molecule has 2 aromatic rings. The van der Waals surface area contributed by atoms with Gasteiger partial charge in [0.25, 0.3) is 0 Å². The molecule has 1 N–H and O–H groups in total. The van der Waals surface area contributed by atoms with Crippen LogP contribution in [0.2, 0.25) is 0 Å². The van der Waals surface area contributed by atoms with E-state index >= 15 is 0 Å². The van der Waals surface area contributed by atoms with E-state index in [1.54, 1.807) is 0 Å². The standard InChI is InChI=1S/C14H9F5O/c15-11-6-5-8(7-12(11)16)13(20)9-3-1-2-4-10(9)14(17,18)19/h1-7,13,20H. The second-order valence-corrected chi connectivity index (χ2v) is 4.16. The fraction of sp³-hybridized carbons (Fsp3) is 0.143. The average Bonchev–Trinajstić information content (AvgIpc) is 2.40. The zero-order chi connectivity index (χ0) is 14.9. The molecule has 0 radical (unpaired) electrons. The molecule has 0 heterocycles. The summed E-state index contributed by atoms with van der Waals surface area (Å²) in [5, 5.41) is 9.96. The lowest BCUT2D eigenvalue weighted by Crippen LogP contribution is -2.12. The number of halogens is 5. The van der Waals surface area contributed by atoms with Gasteiger partial charge in [0.2, 0.25) is 0 Å². The van der Waals surface area contributed by atoms with Crippen molar-refractivity contribution in [2.24, 2.45) is 0 Å². The number of hydrogen-bond donors (Lipinski definition) is 1. The molecular formula is C14H9F5O. The van der Waals surface area contributed by atoms with Crippen LogP contribution >= 0.6 is 0 Å². The number of aliphatic hydroxyl groups excluding tert-OH is 1. The van der Waals surface area contributed by atoms with Crippen molar-refractivity contribution in [2.75, 3.05) is 0 Å². The van der Waals surface area contributed by atoms with Crippen LogP contribution in [0, 0.1) is 11.6 Å². The molecule has 0 fully saturated rings. The molecule has 1 unspecified atom stereocenters. The minimum atomic E-state index is -4.64. The first-order valence-electron chi connectivity index (χ1n) is 5.60. The molecule has 0 amide bonds. The van der Waals surface area contributed by atoms with Gasteiger partial charge >= 0.3 is 6.18 Å². The zero-order valence-electron chi connectivity index (χ0n) is 9.96. The van der Waals surface area contributed by atoms with Crippen molar-refractivity contribution < 1.29 is 27.1 Å². The van der Waals surface area contributed by atoms with E-state index in [9.17, 15) is 27.1 Å². The molecule has 2 aromatic carbocycles.